The molecule has 4 rings (SSSR count). The molecule has 0 fully saturated rings. The van der Waals surface area contributed by atoms with Crippen molar-refractivity contribution in [1.82, 2.24) is 9.97 Å². The molecular weight excluding hydrogens is 264 g/mol. The summed E-state index contributed by atoms with van der Waals surface area (Å²) < 4.78 is 0. The van der Waals surface area contributed by atoms with Crippen LogP contribution in [0.5, 0.6) is 0 Å². The minimum Gasteiger partial charge on any atom is -0.293 e. The number of pyridine rings is 2. The van der Waals surface area contributed by atoms with Crippen molar-refractivity contribution in [1.29, 1.82) is 0 Å². The van der Waals surface area contributed by atoms with E-state index in [0.29, 0.717) is 11.3 Å². The third kappa shape index (κ3) is 1.69. The quantitative estimate of drug-likeness (QED) is 0.640. The summed E-state index contributed by atoms with van der Waals surface area (Å²) in [6, 6.07) is 14.6. The van der Waals surface area contributed by atoms with Gasteiger partial charge in [-0.25, -0.2) is 0 Å². The number of para-hydroxylation sites is 1. The molecule has 0 radical (unpaired) electrons. The predicted octanol–water partition coefficient (Wildman–Crippen LogP) is 2.79. The van der Waals surface area contributed by atoms with E-state index in [4.69, 9.17) is 0 Å². The number of Topliss-reactive ketones (excluding diaryl/α,β-unsaturated/α-hetero) is 2. The number of ketones is 2. The van der Waals surface area contributed by atoms with Crippen molar-refractivity contribution in [3.8, 4) is 0 Å². The van der Waals surface area contributed by atoms with E-state index in [1.54, 1.807) is 18.2 Å². The van der Waals surface area contributed by atoms with E-state index >= 15 is 0 Å². The fraction of sp³-hybridized carbons (Fsp3) is 0.0588. The van der Waals surface area contributed by atoms with Gasteiger partial charge >= 0.3 is 0 Å². The molecule has 1 atom stereocenters. The number of rotatable bonds is 1. The largest absolute Gasteiger partial charge is 0.293 e. The van der Waals surface area contributed by atoms with Crippen molar-refractivity contribution in [3.05, 3.63) is 71.7 Å². The van der Waals surface area contributed by atoms with Crippen LogP contribution in [0.1, 0.15) is 32.5 Å². The summed E-state index contributed by atoms with van der Waals surface area (Å²) in [5.74, 6) is -1.34. The first-order chi connectivity index (χ1) is 10.3. The molecule has 100 valence electrons. The minimum atomic E-state index is -0.862. The minimum absolute atomic E-state index is 0.217. The summed E-state index contributed by atoms with van der Waals surface area (Å²) in [5.41, 5.74) is 1.91. The number of fused-ring (bicyclic) bond motifs is 2. The van der Waals surface area contributed by atoms with Crippen LogP contribution in [0, 0.1) is 0 Å². The molecule has 21 heavy (non-hydrogen) atoms. The first-order valence-corrected chi connectivity index (χ1v) is 6.65. The van der Waals surface area contributed by atoms with Crippen LogP contribution in [0.15, 0.2) is 54.7 Å². The van der Waals surface area contributed by atoms with Crippen LogP contribution in [-0.2, 0) is 0 Å². The highest BCUT2D eigenvalue weighted by molar-refractivity contribution is 6.28. The normalized spacial score (nSPS) is 17.2. The van der Waals surface area contributed by atoms with Crippen molar-refractivity contribution >= 4 is 22.5 Å². The van der Waals surface area contributed by atoms with Gasteiger partial charge < -0.3 is 0 Å². The number of benzene rings is 1. The molecule has 0 bridgehead atoms. The fourth-order valence-electron chi connectivity index (χ4n) is 2.72. The highest BCUT2D eigenvalue weighted by Crippen LogP contribution is 2.32. The summed E-state index contributed by atoms with van der Waals surface area (Å²) in [6.07, 6.45) is 1.53. The molecular formula is C17H10N2O2. The van der Waals surface area contributed by atoms with Gasteiger partial charge in [0, 0.05) is 17.1 Å². The van der Waals surface area contributed by atoms with E-state index in [9.17, 15) is 9.59 Å². The van der Waals surface area contributed by atoms with Crippen LogP contribution in [-0.4, -0.2) is 21.5 Å². The molecule has 1 aliphatic carbocycles. The Balaban J connectivity index is 1.86. The Hall–Kier alpha value is -2.88. The zero-order chi connectivity index (χ0) is 14.4. The number of nitrogens with zero attached hydrogens (tertiary/aromatic N) is 2. The van der Waals surface area contributed by atoms with Crippen molar-refractivity contribution in [2.45, 2.75) is 5.92 Å². The van der Waals surface area contributed by atoms with E-state index in [2.05, 4.69) is 9.97 Å². The lowest BCUT2D eigenvalue weighted by molar-refractivity contribution is 0.0886. The van der Waals surface area contributed by atoms with Gasteiger partial charge in [0.15, 0.2) is 11.6 Å². The summed E-state index contributed by atoms with van der Waals surface area (Å²) in [4.78, 5) is 33.4. The third-order valence-electron chi connectivity index (χ3n) is 3.75. The molecule has 4 nitrogen and oxygen atoms in total. The maximum atomic E-state index is 12.4. The van der Waals surface area contributed by atoms with Gasteiger partial charge in [0.2, 0.25) is 0 Å². The first kappa shape index (κ1) is 11.9. The van der Waals surface area contributed by atoms with Crippen molar-refractivity contribution in [2.24, 2.45) is 0 Å². The molecule has 2 heterocycles. The van der Waals surface area contributed by atoms with Crippen LogP contribution < -0.4 is 0 Å². The van der Waals surface area contributed by atoms with Gasteiger partial charge in [-0.2, -0.15) is 0 Å². The SMILES string of the molecule is O=C1c2cccnc2C(=O)[C@H]1c1ccc2ccccc2n1. The Morgan fingerprint density at radius 3 is 2.57 bits per heavy atom. The lowest BCUT2D eigenvalue weighted by Gasteiger charge is -2.07. The second kappa shape index (κ2) is 4.31. The van der Waals surface area contributed by atoms with Gasteiger partial charge in [-0.05, 0) is 24.3 Å². The number of carbonyl (C=O) groups is 2. The van der Waals surface area contributed by atoms with E-state index in [-0.39, 0.29) is 17.3 Å². The lowest BCUT2D eigenvalue weighted by Crippen LogP contribution is -2.14. The Kier molecular flexibility index (Phi) is 2.44. The first-order valence-electron chi connectivity index (χ1n) is 6.65. The van der Waals surface area contributed by atoms with Crippen LogP contribution in [0.25, 0.3) is 10.9 Å². The average Bonchev–Trinajstić information content (AvgIpc) is 2.79. The monoisotopic (exact) mass is 274 g/mol. The topological polar surface area (TPSA) is 59.9 Å². The van der Waals surface area contributed by atoms with E-state index in [0.717, 1.165) is 10.9 Å². The second-order valence-electron chi connectivity index (χ2n) is 4.99. The molecule has 3 aromatic rings. The molecule has 0 aliphatic heterocycles. The summed E-state index contributed by atoms with van der Waals surface area (Å²) in [5, 5.41) is 0.981. The van der Waals surface area contributed by atoms with Gasteiger partial charge in [-0.3, -0.25) is 19.6 Å². The molecule has 0 spiro atoms. The van der Waals surface area contributed by atoms with Crippen molar-refractivity contribution < 1.29 is 9.59 Å². The zero-order valence-electron chi connectivity index (χ0n) is 11.0. The highest BCUT2D eigenvalue weighted by Gasteiger charge is 2.41. The molecule has 0 saturated carbocycles. The Morgan fingerprint density at radius 2 is 1.71 bits per heavy atom. The molecule has 1 aromatic carbocycles. The van der Waals surface area contributed by atoms with Crippen LogP contribution in [0.4, 0.5) is 0 Å². The number of hydrogen-bond acceptors (Lipinski definition) is 4. The van der Waals surface area contributed by atoms with Crippen LogP contribution in [0.2, 0.25) is 0 Å². The molecule has 1 aliphatic rings. The summed E-state index contributed by atoms with van der Waals surface area (Å²) in [6.45, 7) is 0. The second-order valence-corrected chi connectivity index (χ2v) is 4.99. The Labute approximate surface area is 120 Å². The van der Waals surface area contributed by atoms with Gasteiger partial charge in [0.1, 0.15) is 11.6 Å². The maximum Gasteiger partial charge on any atom is 0.198 e. The molecule has 0 saturated heterocycles. The van der Waals surface area contributed by atoms with Gasteiger partial charge in [-0.1, -0.05) is 24.3 Å². The van der Waals surface area contributed by atoms with Gasteiger partial charge in [0.25, 0.3) is 0 Å². The fourth-order valence-corrected chi connectivity index (χ4v) is 2.72. The number of carbonyl (C=O) groups excluding carboxylic acids is 2. The highest BCUT2D eigenvalue weighted by atomic mass is 16.2. The van der Waals surface area contributed by atoms with Crippen molar-refractivity contribution in [3.63, 3.8) is 0 Å². The van der Waals surface area contributed by atoms with Crippen LogP contribution >= 0.6 is 0 Å². The molecule has 4 heteroatoms. The molecule has 2 aromatic heterocycles. The maximum absolute atomic E-state index is 12.4. The van der Waals surface area contributed by atoms with Crippen LogP contribution in [0.3, 0.4) is 0 Å². The van der Waals surface area contributed by atoms with Crippen molar-refractivity contribution in [2.75, 3.05) is 0 Å². The number of hydrogen-bond donors (Lipinski definition) is 0. The molecule has 0 amide bonds. The molecule has 0 unspecified atom stereocenters. The lowest BCUT2D eigenvalue weighted by atomic mass is 9.99. The van der Waals surface area contributed by atoms with E-state index in [1.807, 2.05) is 30.3 Å². The standard InChI is InChI=1S/C17H10N2O2/c20-16-11-5-3-9-18-15(11)17(21)14(16)13-8-7-10-4-1-2-6-12(10)19-13/h1-9,14H/t14-/m0/s1. The van der Waals surface area contributed by atoms with E-state index in [1.165, 1.54) is 6.20 Å². The Morgan fingerprint density at radius 1 is 0.857 bits per heavy atom. The smallest absolute Gasteiger partial charge is 0.198 e. The van der Waals surface area contributed by atoms with E-state index < -0.39 is 5.92 Å². The van der Waals surface area contributed by atoms with Gasteiger partial charge in [-0.15, -0.1) is 0 Å². The summed E-state index contributed by atoms with van der Waals surface area (Å²) >= 11 is 0. The van der Waals surface area contributed by atoms with Gasteiger partial charge in [0.05, 0.1) is 11.2 Å². The summed E-state index contributed by atoms with van der Waals surface area (Å²) in [7, 11) is 0. The zero-order valence-corrected chi connectivity index (χ0v) is 11.0. The predicted molar refractivity (Wildman–Crippen MR) is 77.4 cm³/mol. The average molecular weight is 274 g/mol. The Bertz CT molecular complexity index is 867. The third-order valence-corrected chi connectivity index (χ3v) is 3.75. The number of aromatic nitrogens is 2. The molecule has 0 N–H and O–H groups in total.